The minimum Gasteiger partial charge on any atom is -0.355 e. The summed E-state index contributed by atoms with van der Waals surface area (Å²) < 4.78 is 41.3. The number of hydrogen-bond acceptors (Lipinski definition) is 5. The van der Waals surface area contributed by atoms with Crippen molar-refractivity contribution in [1.29, 1.82) is 0 Å². The molecule has 0 radical (unpaired) electrons. The average molecular weight is 432 g/mol. The fourth-order valence-corrected chi connectivity index (χ4v) is 5.97. The molecule has 0 saturated carbocycles. The van der Waals surface area contributed by atoms with E-state index < -0.39 is 16.1 Å². The Morgan fingerprint density at radius 3 is 2.55 bits per heavy atom. The highest BCUT2D eigenvalue weighted by Gasteiger charge is 2.36. The van der Waals surface area contributed by atoms with Gasteiger partial charge in [0.15, 0.2) is 5.03 Å². The van der Waals surface area contributed by atoms with Gasteiger partial charge in [-0.25, -0.2) is 17.8 Å². The molecule has 1 atom stereocenters. The number of sulfonamides is 1. The van der Waals surface area contributed by atoms with Crippen molar-refractivity contribution in [2.24, 2.45) is 0 Å². The van der Waals surface area contributed by atoms with Gasteiger partial charge in [0.05, 0.1) is 6.04 Å². The van der Waals surface area contributed by atoms with E-state index in [-0.39, 0.29) is 36.3 Å². The third kappa shape index (κ3) is 4.07. The van der Waals surface area contributed by atoms with Crippen LogP contribution < -0.4 is 5.32 Å². The normalized spacial score (nSPS) is 18.2. The van der Waals surface area contributed by atoms with Crippen LogP contribution in [0.4, 0.5) is 4.39 Å². The predicted molar refractivity (Wildman–Crippen MR) is 108 cm³/mol. The quantitative estimate of drug-likeness (QED) is 0.688. The molecule has 1 aromatic heterocycles. The smallest absolute Gasteiger partial charge is 0.262 e. The van der Waals surface area contributed by atoms with Crippen LogP contribution in [0.25, 0.3) is 10.6 Å². The maximum atomic E-state index is 13.4. The highest BCUT2D eigenvalue weighted by Crippen LogP contribution is 2.33. The molecule has 29 heavy (non-hydrogen) atoms. The lowest BCUT2D eigenvalue weighted by Gasteiger charge is -2.27. The second-order valence-corrected chi connectivity index (χ2v) is 9.29. The summed E-state index contributed by atoms with van der Waals surface area (Å²) in [5.41, 5.74) is 1.40. The molecule has 1 aliphatic heterocycles. The molecule has 4 rings (SSSR count). The maximum absolute atomic E-state index is 13.4. The minimum atomic E-state index is -3.94. The predicted octanol–water partition coefficient (Wildman–Crippen LogP) is 3.20. The first-order chi connectivity index (χ1) is 13.9. The van der Waals surface area contributed by atoms with Gasteiger partial charge in [0.1, 0.15) is 10.8 Å². The zero-order valence-electron chi connectivity index (χ0n) is 15.3. The number of nitrogens with one attached hydrogen (secondary N) is 1. The Kier molecular flexibility index (Phi) is 5.44. The Hall–Kier alpha value is -2.62. The Bertz CT molecular complexity index is 1120. The van der Waals surface area contributed by atoms with E-state index in [0.29, 0.717) is 10.6 Å². The molecule has 150 valence electrons. The van der Waals surface area contributed by atoms with E-state index in [1.807, 2.05) is 30.3 Å². The van der Waals surface area contributed by atoms with Gasteiger partial charge in [-0.1, -0.05) is 30.3 Å². The third-order valence-electron chi connectivity index (χ3n) is 4.71. The van der Waals surface area contributed by atoms with Crippen molar-refractivity contribution in [3.8, 4) is 10.6 Å². The average Bonchev–Trinajstić information content (AvgIpc) is 3.13. The SMILES string of the molecule is O=C1CC(c2ccccc2)N(S(=O)(=O)c2csc(-c3ccc(F)cc3)n2)CCN1. The topological polar surface area (TPSA) is 79.4 Å². The largest absolute Gasteiger partial charge is 0.355 e. The van der Waals surface area contributed by atoms with Crippen molar-refractivity contribution >= 4 is 27.3 Å². The van der Waals surface area contributed by atoms with Gasteiger partial charge in [-0.2, -0.15) is 4.31 Å². The van der Waals surface area contributed by atoms with Crippen LogP contribution in [0.5, 0.6) is 0 Å². The molecule has 1 saturated heterocycles. The number of benzene rings is 2. The van der Waals surface area contributed by atoms with Gasteiger partial charge in [-0.05, 0) is 29.8 Å². The molecule has 1 aliphatic rings. The third-order valence-corrected chi connectivity index (χ3v) is 7.55. The molecule has 3 aromatic rings. The van der Waals surface area contributed by atoms with Gasteiger partial charge in [0, 0.05) is 30.5 Å². The van der Waals surface area contributed by atoms with Crippen LogP contribution in [-0.2, 0) is 14.8 Å². The van der Waals surface area contributed by atoms with Gasteiger partial charge in [-0.15, -0.1) is 11.3 Å². The van der Waals surface area contributed by atoms with Crippen molar-refractivity contribution in [3.63, 3.8) is 0 Å². The number of nitrogens with zero attached hydrogens (tertiary/aromatic N) is 2. The lowest BCUT2D eigenvalue weighted by molar-refractivity contribution is -0.121. The van der Waals surface area contributed by atoms with Gasteiger partial charge in [0.25, 0.3) is 10.0 Å². The number of amides is 1. The Morgan fingerprint density at radius 1 is 1.10 bits per heavy atom. The number of halogens is 1. The minimum absolute atomic E-state index is 0.0399. The highest BCUT2D eigenvalue weighted by molar-refractivity contribution is 7.89. The summed E-state index contributed by atoms with van der Waals surface area (Å²) in [6, 6.07) is 14.2. The van der Waals surface area contributed by atoms with Gasteiger partial charge < -0.3 is 5.32 Å². The van der Waals surface area contributed by atoms with E-state index in [2.05, 4.69) is 10.3 Å². The van der Waals surface area contributed by atoms with Crippen molar-refractivity contribution < 1.29 is 17.6 Å². The molecule has 1 unspecified atom stereocenters. The number of carbonyl (C=O) groups excluding carboxylic acids is 1. The molecular formula is C20H18FN3O3S2. The van der Waals surface area contributed by atoms with E-state index in [1.165, 1.54) is 33.2 Å². The zero-order valence-corrected chi connectivity index (χ0v) is 16.9. The first kappa shape index (κ1) is 19.7. The molecular weight excluding hydrogens is 413 g/mol. The summed E-state index contributed by atoms with van der Waals surface area (Å²) in [5.74, 6) is -0.563. The molecule has 2 aromatic carbocycles. The van der Waals surface area contributed by atoms with Crippen LogP contribution in [0.2, 0.25) is 0 Å². The van der Waals surface area contributed by atoms with Gasteiger partial charge >= 0.3 is 0 Å². The van der Waals surface area contributed by atoms with E-state index in [0.717, 1.165) is 5.56 Å². The Balaban J connectivity index is 1.71. The molecule has 0 bridgehead atoms. The van der Waals surface area contributed by atoms with Crippen LogP contribution >= 0.6 is 11.3 Å². The zero-order chi connectivity index (χ0) is 20.4. The fourth-order valence-electron chi connectivity index (χ4n) is 3.28. The Labute approximate surface area is 172 Å². The van der Waals surface area contributed by atoms with Crippen molar-refractivity contribution in [2.75, 3.05) is 13.1 Å². The number of aromatic nitrogens is 1. The van der Waals surface area contributed by atoms with Gasteiger partial charge in [-0.3, -0.25) is 4.79 Å². The van der Waals surface area contributed by atoms with Crippen LogP contribution in [-0.4, -0.2) is 36.7 Å². The summed E-state index contributed by atoms with van der Waals surface area (Å²) >= 11 is 1.18. The first-order valence-electron chi connectivity index (χ1n) is 9.00. The van der Waals surface area contributed by atoms with Crippen molar-refractivity contribution in [3.05, 3.63) is 71.4 Å². The lowest BCUT2D eigenvalue weighted by atomic mass is 10.0. The van der Waals surface area contributed by atoms with E-state index in [4.69, 9.17) is 0 Å². The van der Waals surface area contributed by atoms with Crippen LogP contribution in [0.15, 0.2) is 65.0 Å². The van der Waals surface area contributed by atoms with Crippen molar-refractivity contribution in [1.82, 2.24) is 14.6 Å². The summed E-state index contributed by atoms with van der Waals surface area (Å²) in [6.07, 6.45) is 0.0399. The standard InChI is InChI=1S/C20H18FN3O3S2/c21-16-8-6-15(7-9-16)20-23-19(13-28-20)29(26,27)24-11-10-22-18(25)12-17(24)14-4-2-1-3-5-14/h1-9,13,17H,10-12H2,(H,22,25). The summed E-state index contributed by atoms with van der Waals surface area (Å²) in [5, 5.41) is 4.64. The molecule has 1 amide bonds. The Morgan fingerprint density at radius 2 is 1.83 bits per heavy atom. The fraction of sp³-hybridized carbons (Fsp3) is 0.200. The van der Waals surface area contributed by atoms with E-state index in [9.17, 15) is 17.6 Å². The number of thiazole rings is 1. The first-order valence-corrected chi connectivity index (χ1v) is 11.3. The van der Waals surface area contributed by atoms with Crippen LogP contribution in [0.1, 0.15) is 18.0 Å². The highest BCUT2D eigenvalue weighted by atomic mass is 32.2. The summed E-state index contributed by atoms with van der Waals surface area (Å²) in [6.45, 7) is 0.382. The molecule has 6 nitrogen and oxygen atoms in total. The lowest BCUT2D eigenvalue weighted by Crippen LogP contribution is -2.36. The maximum Gasteiger partial charge on any atom is 0.262 e. The van der Waals surface area contributed by atoms with Crippen LogP contribution in [0, 0.1) is 5.82 Å². The molecule has 9 heteroatoms. The van der Waals surface area contributed by atoms with E-state index >= 15 is 0 Å². The molecule has 2 heterocycles. The second-order valence-electron chi connectivity index (χ2n) is 6.59. The molecule has 0 spiro atoms. The number of rotatable bonds is 4. The number of carbonyl (C=O) groups is 1. The summed E-state index contributed by atoms with van der Waals surface area (Å²) in [7, 11) is -3.94. The molecule has 1 N–H and O–H groups in total. The van der Waals surface area contributed by atoms with Crippen LogP contribution in [0.3, 0.4) is 0 Å². The van der Waals surface area contributed by atoms with E-state index in [1.54, 1.807) is 12.1 Å². The summed E-state index contributed by atoms with van der Waals surface area (Å²) in [4.78, 5) is 16.4. The number of hydrogen-bond donors (Lipinski definition) is 1. The molecule has 1 fully saturated rings. The van der Waals surface area contributed by atoms with Gasteiger partial charge in [0.2, 0.25) is 5.91 Å². The monoisotopic (exact) mass is 431 g/mol. The molecule has 0 aliphatic carbocycles. The second kappa shape index (κ2) is 8.02. The van der Waals surface area contributed by atoms with Crippen molar-refractivity contribution in [2.45, 2.75) is 17.5 Å².